The lowest BCUT2D eigenvalue weighted by Gasteiger charge is -2.13. The Morgan fingerprint density at radius 1 is 0.952 bits per heavy atom. The summed E-state index contributed by atoms with van der Waals surface area (Å²) in [5.74, 6) is 2.52. The minimum Gasteiger partial charge on any atom is -0.379 e. The predicted molar refractivity (Wildman–Crippen MR) is 84.5 cm³/mol. The molecule has 0 radical (unpaired) electrons. The zero-order valence-corrected chi connectivity index (χ0v) is 13.6. The molecule has 124 valence electrons. The molecule has 0 bridgehead atoms. The molecule has 0 amide bonds. The van der Waals surface area contributed by atoms with E-state index < -0.39 is 0 Å². The highest BCUT2D eigenvalue weighted by molar-refractivity contribution is 4.86. The number of hydrogen-bond acceptors (Lipinski definition) is 5. The van der Waals surface area contributed by atoms with E-state index in [9.17, 15) is 0 Å². The van der Waals surface area contributed by atoms with Crippen molar-refractivity contribution in [3.05, 3.63) is 0 Å². The third kappa shape index (κ3) is 17.3. The van der Waals surface area contributed by atoms with Crippen LogP contribution in [-0.4, -0.2) is 65.4 Å². The van der Waals surface area contributed by atoms with E-state index >= 15 is 0 Å². The van der Waals surface area contributed by atoms with Crippen molar-refractivity contribution in [1.82, 2.24) is 5.32 Å². The molecule has 0 saturated carbocycles. The van der Waals surface area contributed by atoms with Gasteiger partial charge in [0.15, 0.2) is 0 Å². The zero-order chi connectivity index (χ0) is 15.6. The van der Waals surface area contributed by atoms with Gasteiger partial charge in [-0.25, -0.2) is 0 Å². The fourth-order valence-electron chi connectivity index (χ4n) is 1.50. The molecule has 0 fully saturated rings. The van der Waals surface area contributed by atoms with Crippen LogP contribution in [0.1, 0.15) is 26.7 Å². The van der Waals surface area contributed by atoms with E-state index in [1.54, 1.807) is 0 Å². The van der Waals surface area contributed by atoms with E-state index in [0.717, 1.165) is 26.0 Å². The van der Waals surface area contributed by atoms with Crippen LogP contribution < -0.4 is 5.32 Å². The molecule has 0 aromatic carbocycles. The van der Waals surface area contributed by atoms with E-state index in [1.165, 1.54) is 0 Å². The molecule has 1 unspecified atom stereocenters. The lowest BCUT2D eigenvalue weighted by Crippen LogP contribution is -2.28. The second kappa shape index (κ2) is 17.4. The summed E-state index contributed by atoms with van der Waals surface area (Å²) in [5.41, 5.74) is 0. The van der Waals surface area contributed by atoms with Crippen molar-refractivity contribution in [3.63, 3.8) is 0 Å². The molecule has 0 aromatic heterocycles. The normalized spacial score (nSPS) is 12.2. The summed E-state index contributed by atoms with van der Waals surface area (Å²) in [7, 11) is 0. The lowest BCUT2D eigenvalue weighted by molar-refractivity contribution is -0.0145. The third-order valence-corrected chi connectivity index (χ3v) is 2.68. The van der Waals surface area contributed by atoms with Crippen LogP contribution in [0.4, 0.5) is 0 Å². The summed E-state index contributed by atoms with van der Waals surface area (Å²) < 4.78 is 21.7. The monoisotopic (exact) mass is 301 g/mol. The smallest absolute Gasteiger partial charge is 0.0704 e. The lowest BCUT2D eigenvalue weighted by atomic mass is 10.4. The van der Waals surface area contributed by atoms with Crippen LogP contribution in [0.5, 0.6) is 0 Å². The maximum atomic E-state index is 5.55. The van der Waals surface area contributed by atoms with Crippen molar-refractivity contribution >= 4 is 0 Å². The van der Waals surface area contributed by atoms with Gasteiger partial charge in [-0.3, -0.25) is 0 Å². The van der Waals surface area contributed by atoms with E-state index in [2.05, 4.69) is 18.2 Å². The summed E-state index contributed by atoms with van der Waals surface area (Å²) in [6.45, 7) is 9.93. The standard InChI is InChI=1S/C16H31NO4/c1-4-6-8-18-9-10-19-11-12-20-13-14-21-16(3)15-17-7-5-2/h2,16-17H,4,6-15H2,1,3H3. The Bertz CT molecular complexity index is 243. The maximum absolute atomic E-state index is 5.55. The van der Waals surface area contributed by atoms with E-state index in [1.807, 2.05) is 6.92 Å². The van der Waals surface area contributed by atoms with Crippen LogP contribution in [0.2, 0.25) is 0 Å². The largest absolute Gasteiger partial charge is 0.379 e. The molecule has 0 aliphatic carbocycles. The molecule has 0 aliphatic rings. The molecule has 1 N–H and O–H groups in total. The van der Waals surface area contributed by atoms with Gasteiger partial charge in [-0.15, -0.1) is 6.42 Å². The quantitative estimate of drug-likeness (QED) is 0.345. The van der Waals surface area contributed by atoms with Crippen molar-refractivity contribution in [1.29, 1.82) is 0 Å². The molecule has 0 aromatic rings. The fraction of sp³-hybridized carbons (Fsp3) is 0.875. The Hall–Kier alpha value is -0.640. The van der Waals surface area contributed by atoms with Gasteiger partial charge in [-0.1, -0.05) is 19.3 Å². The highest BCUT2D eigenvalue weighted by Gasteiger charge is 2.00. The average Bonchev–Trinajstić information content (AvgIpc) is 2.48. The highest BCUT2D eigenvalue weighted by Crippen LogP contribution is 1.90. The van der Waals surface area contributed by atoms with Gasteiger partial charge in [-0.05, 0) is 13.3 Å². The molecule has 5 heteroatoms. The van der Waals surface area contributed by atoms with Crippen molar-refractivity contribution in [2.75, 3.05) is 59.3 Å². The number of ether oxygens (including phenoxy) is 4. The van der Waals surface area contributed by atoms with Crippen molar-refractivity contribution in [3.8, 4) is 12.3 Å². The van der Waals surface area contributed by atoms with Gasteiger partial charge < -0.3 is 24.3 Å². The van der Waals surface area contributed by atoms with Gasteiger partial charge in [0, 0.05) is 13.2 Å². The first-order chi connectivity index (χ1) is 10.3. The fourth-order valence-corrected chi connectivity index (χ4v) is 1.50. The number of hydrogen-bond donors (Lipinski definition) is 1. The van der Waals surface area contributed by atoms with Crippen LogP contribution in [0, 0.1) is 12.3 Å². The van der Waals surface area contributed by atoms with E-state index in [0.29, 0.717) is 46.2 Å². The molecule has 21 heavy (non-hydrogen) atoms. The van der Waals surface area contributed by atoms with Gasteiger partial charge in [0.25, 0.3) is 0 Å². The van der Waals surface area contributed by atoms with Gasteiger partial charge in [0.2, 0.25) is 0 Å². The average molecular weight is 301 g/mol. The third-order valence-electron chi connectivity index (χ3n) is 2.68. The molecule has 0 rings (SSSR count). The molecular formula is C16H31NO4. The Morgan fingerprint density at radius 3 is 2.10 bits per heavy atom. The van der Waals surface area contributed by atoms with Gasteiger partial charge >= 0.3 is 0 Å². The summed E-state index contributed by atoms with van der Waals surface area (Å²) in [6.07, 6.45) is 7.55. The maximum Gasteiger partial charge on any atom is 0.0704 e. The first kappa shape index (κ1) is 20.4. The Kier molecular flexibility index (Phi) is 16.9. The first-order valence-corrected chi connectivity index (χ1v) is 7.80. The SMILES string of the molecule is C#CCNCC(C)OCCOCCOCCOCCCC. The van der Waals surface area contributed by atoms with Gasteiger partial charge in [0.1, 0.15) is 0 Å². The topological polar surface area (TPSA) is 49.0 Å². The molecule has 0 spiro atoms. The molecule has 0 saturated heterocycles. The Balaban J connectivity index is 3.07. The first-order valence-electron chi connectivity index (χ1n) is 7.80. The van der Waals surface area contributed by atoms with Crippen LogP contribution in [0.3, 0.4) is 0 Å². The van der Waals surface area contributed by atoms with Crippen LogP contribution in [0.15, 0.2) is 0 Å². The summed E-state index contributed by atoms with van der Waals surface area (Å²) in [6, 6.07) is 0. The second-order valence-corrected chi connectivity index (χ2v) is 4.71. The summed E-state index contributed by atoms with van der Waals surface area (Å²) >= 11 is 0. The second-order valence-electron chi connectivity index (χ2n) is 4.71. The number of rotatable bonds is 16. The minimum absolute atomic E-state index is 0.137. The van der Waals surface area contributed by atoms with Gasteiger partial charge in [-0.2, -0.15) is 0 Å². The predicted octanol–water partition coefficient (Wildman–Crippen LogP) is 1.46. The molecule has 0 heterocycles. The van der Waals surface area contributed by atoms with Crippen LogP contribution in [0.25, 0.3) is 0 Å². The van der Waals surface area contributed by atoms with Crippen molar-refractivity contribution in [2.24, 2.45) is 0 Å². The number of nitrogens with one attached hydrogen (secondary N) is 1. The minimum atomic E-state index is 0.137. The highest BCUT2D eigenvalue weighted by atomic mass is 16.6. The summed E-state index contributed by atoms with van der Waals surface area (Å²) in [4.78, 5) is 0. The number of unbranched alkanes of at least 4 members (excludes halogenated alkanes) is 1. The Labute approximate surface area is 129 Å². The van der Waals surface area contributed by atoms with Gasteiger partial charge in [0.05, 0.1) is 52.3 Å². The zero-order valence-electron chi connectivity index (χ0n) is 13.6. The summed E-state index contributed by atoms with van der Waals surface area (Å²) in [5, 5.41) is 3.09. The molecule has 5 nitrogen and oxygen atoms in total. The van der Waals surface area contributed by atoms with E-state index in [-0.39, 0.29) is 6.10 Å². The molecule has 0 aliphatic heterocycles. The molecular weight excluding hydrogens is 270 g/mol. The van der Waals surface area contributed by atoms with Crippen LogP contribution >= 0.6 is 0 Å². The van der Waals surface area contributed by atoms with Crippen molar-refractivity contribution < 1.29 is 18.9 Å². The van der Waals surface area contributed by atoms with Crippen LogP contribution in [-0.2, 0) is 18.9 Å². The Morgan fingerprint density at radius 2 is 1.52 bits per heavy atom. The molecule has 1 atom stereocenters. The van der Waals surface area contributed by atoms with E-state index in [4.69, 9.17) is 25.4 Å². The number of terminal acetylenes is 1. The van der Waals surface area contributed by atoms with Crippen molar-refractivity contribution in [2.45, 2.75) is 32.8 Å².